The summed E-state index contributed by atoms with van der Waals surface area (Å²) in [6.45, 7) is 2.24. The van der Waals surface area contributed by atoms with Crippen molar-refractivity contribution in [1.29, 1.82) is 0 Å². The van der Waals surface area contributed by atoms with E-state index in [1.165, 1.54) is 0 Å². The van der Waals surface area contributed by atoms with Gasteiger partial charge in [-0.15, -0.1) is 0 Å². The zero-order chi connectivity index (χ0) is 13.4. The smallest absolute Gasteiger partial charge is 0.159 e. The Labute approximate surface area is 111 Å². The lowest BCUT2D eigenvalue weighted by molar-refractivity contribution is 0.101. The molecule has 0 atom stereocenters. The van der Waals surface area contributed by atoms with Crippen molar-refractivity contribution in [1.82, 2.24) is 4.57 Å². The van der Waals surface area contributed by atoms with Crippen LogP contribution in [0, 0.1) is 0 Å². The Balaban J connectivity index is 2.41. The van der Waals surface area contributed by atoms with Gasteiger partial charge in [-0.25, -0.2) is 0 Å². The first-order valence-corrected chi connectivity index (χ1v) is 6.35. The zero-order valence-corrected chi connectivity index (χ0v) is 10.8. The molecule has 0 radical (unpaired) electrons. The minimum atomic E-state index is 0.0703. The van der Waals surface area contributed by atoms with E-state index in [4.69, 9.17) is 0 Å². The Morgan fingerprint density at radius 2 is 1.84 bits per heavy atom. The molecule has 1 heterocycles. The summed E-state index contributed by atoms with van der Waals surface area (Å²) in [5, 5.41) is 11.4. The molecule has 3 nitrogen and oxygen atoms in total. The maximum atomic E-state index is 11.5. The molecule has 0 fully saturated rings. The summed E-state index contributed by atoms with van der Waals surface area (Å²) in [6.07, 6.45) is 0. The van der Waals surface area contributed by atoms with E-state index in [1.54, 1.807) is 6.92 Å². The quantitative estimate of drug-likeness (QED) is 0.729. The first kappa shape index (κ1) is 11.9. The first-order chi connectivity index (χ1) is 9.22. The lowest BCUT2D eigenvalue weighted by Gasteiger charge is -2.04. The number of nitrogens with zero attached hydrogens (tertiary/aromatic N) is 1. The molecule has 96 valence electrons. The van der Waals surface area contributed by atoms with Crippen molar-refractivity contribution in [2.45, 2.75) is 13.5 Å². The number of ketones is 1. The van der Waals surface area contributed by atoms with E-state index in [2.05, 4.69) is 10.6 Å². The van der Waals surface area contributed by atoms with Crippen molar-refractivity contribution in [2.24, 2.45) is 0 Å². The van der Waals surface area contributed by atoms with Gasteiger partial charge in [-0.05, 0) is 31.2 Å². The number of aliphatic hydroxyl groups excluding tert-OH is 1. The lowest BCUT2D eigenvalue weighted by atomic mass is 10.1. The summed E-state index contributed by atoms with van der Waals surface area (Å²) in [6, 6.07) is 13.8. The Morgan fingerprint density at radius 1 is 1.11 bits per heavy atom. The van der Waals surface area contributed by atoms with Gasteiger partial charge in [-0.1, -0.05) is 18.2 Å². The molecule has 3 aromatic rings. The van der Waals surface area contributed by atoms with Crippen LogP contribution in [0.15, 0.2) is 42.5 Å². The van der Waals surface area contributed by atoms with Gasteiger partial charge >= 0.3 is 0 Å². The van der Waals surface area contributed by atoms with Crippen LogP contribution >= 0.6 is 0 Å². The average molecular weight is 253 g/mol. The topological polar surface area (TPSA) is 42.2 Å². The Bertz CT molecular complexity index is 771. The van der Waals surface area contributed by atoms with Crippen LogP contribution in [0.3, 0.4) is 0 Å². The van der Waals surface area contributed by atoms with Crippen LogP contribution in [-0.4, -0.2) is 22.1 Å². The van der Waals surface area contributed by atoms with Gasteiger partial charge in [0, 0.05) is 33.9 Å². The summed E-state index contributed by atoms with van der Waals surface area (Å²) in [5.74, 6) is 0.0703. The number of rotatable bonds is 3. The van der Waals surface area contributed by atoms with Crippen molar-refractivity contribution in [2.75, 3.05) is 6.61 Å². The Kier molecular flexibility index (Phi) is 2.84. The predicted molar refractivity (Wildman–Crippen MR) is 76.5 cm³/mol. The number of aliphatic hydroxyl groups is 1. The minimum Gasteiger partial charge on any atom is -0.395 e. The third-order valence-corrected chi connectivity index (χ3v) is 3.50. The van der Waals surface area contributed by atoms with Gasteiger partial charge in [0.25, 0.3) is 0 Å². The number of para-hydroxylation sites is 1. The fourth-order valence-corrected chi connectivity index (χ4v) is 2.61. The molecular weight excluding hydrogens is 238 g/mol. The molecule has 0 amide bonds. The van der Waals surface area contributed by atoms with Crippen molar-refractivity contribution >= 4 is 27.6 Å². The van der Waals surface area contributed by atoms with Gasteiger partial charge in [0.05, 0.1) is 6.61 Å². The molecule has 1 aromatic heterocycles. The summed E-state index contributed by atoms with van der Waals surface area (Å²) in [5.41, 5.74) is 2.87. The fourth-order valence-electron chi connectivity index (χ4n) is 2.61. The van der Waals surface area contributed by atoms with Gasteiger partial charge in [-0.3, -0.25) is 4.79 Å². The molecule has 19 heavy (non-hydrogen) atoms. The standard InChI is InChI=1S/C16H15NO2/c1-11(19)12-6-7-16-14(10-12)13-4-2-3-5-15(13)17(16)8-9-18/h2-7,10,18H,8-9H2,1H3. The van der Waals surface area contributed by atoms with Crippen LogP contribution in [0.2, 0.25) is 0 Å². The highest BCUT2D eigenvalue weighted by Gasteiger charge is 2.11. The number of benzene rings is 2. The maximum Gasteiger partial charge on any atom is 0.159 e. The highest BCUT2D eigenvalue weighted by Crippen LogP contribution is 2.29. The Hall–Kier alpha value is -2.13. The molecule has 3 heteroatoms. The van der Waals surface area contributed by atoms with Gasteiger partial charge in [0.15, 0.2) is 5.78 Å². The molecule has 1 N–H and O–H groups in total. The molecule has 0 aliphatic carbocycles. The molecule has 0 spiro atoms. The maximum absolute atomic E-state index is 11.5. The number of Topliss-reactive ketones (excluding diaryl/α,β-unsaturated/α-hetero) is 1. The van der Waals surface area contributed by atoms with Gasteiger partial charge in [0.1, 0.15) is 0 Å². The van der Waals surface area contributed by atoms with Crippen molar-refractivity contribution < 1.29 is 9.90 Å². The van der Waals surface area contributed by atoms with E-state index in [1.807, 2.05) is 36.4 Å². The second kappa shape index (κ2) is 4.52. The number of fused-ring (bicyclic) bond motifs is 3. The summed E-state index contributed by atoms with van der Waals surface area (Å²) in [4.78, 5) is 11.5. The predicted octanol–water partition coefficient (Wildman–Crippen LogP) is 2.99. The van der Waals surface area contributed by atoms with E-state index in [0.29, 0.717) is 6.54 Å². The third-order valence-electron chi connectivity index (χ3n) is 3.50. The van der Waals surface area contributed by atoms with Crippen LogP contribution in [0.25, 0.3) is 21.8 Å². The molecule has 0 aliphatic rings. The zero-order valence-electron chi connectivity index (χ0n) is 10.8. The second-order valence-corrected chi connectivity index (χ2v) is 4.68. The molecule has 3 rings (SSSR count). The van der Waals surface area contributed by atoms with Crippen molar-refractivity contribution in [3.63, 3.8) is 0 Å². The number of carbonyl (C=O) groups excluding carboxylic acids is 1. The van der Waals surface area contributed by atoms with E-state index < -0.39 is 0 Å². The monoisotopic (exact) mass is 253 g/mol. The van der Waals surface area contributed by atoms with E-state index >= 15 is 0 Å². The van der Waals surface area contributed by atoms with Crippen LogP contribution in [0.4, 0.5) is 0 Å². The molecular formula is C16H15NO2. The second-order valence-electron chi connectivity index (χ2n) is 4.68. The Morgan fingerprint density at radius 3 is 2.58 bits per heavy atom. The number of hydrogen-bond acceptors (Lipinski definition) is 2. The van der Waals surface area contributed by atoms with Crippen LogP contribution in [-0.2, 0) is 6.54 Å². The number of hydrogen-bond donors (Lipinski definition) is 1. The molecule has 0 saturated heterocycles. The minimum absolute atomic E-state index is 0.0703. The molecule has 0 aliphatic heterocycles. The normalized spacial score (nSPS) is 11.3. The third kappa shape index (κ3) is 1.83. The van der Waals surface area contributed by atoms with Crippen molar-refractivity contribution in [3.8, 4) is 0 Å². The SMILES string of the molecule is CC(=O)c1ccc2c(c1)c1ccccc1n2CCO. The fraction of sp³-hybridized carbons (Fsp3) is 0.188. The molecule has 0 unspecified atom stereocenters. The average Bonchev–Trinajstić information content (AvgIpc) is 2.74. The van der Waals surface area contributed by atoms with E-state index in [9.17, 15) is 9.90 Å². The first-order valence-electron chi connectivity index (χ1n) is 6.35. The highest BCUT2D eigenvalue weighted by atomic mass is 16.3. The van der Waals surface area contributed by atoms with E-state index in [-0.39, 0.29) is 12.4 Å². The molecule has 0 saturated carbocycles. The van der Waals surface area contributed by atoms with Crippen LogP contribution < -0.4 is 0 Å². The van der Waals surface area contributed by atoms with Crippen LogP contribution in [0.5, 0.6) is 0 Å². The molecule has 0 bridgehead atoms. The summed E-state index contributed by atoms with van der Waals surface area (Å²) < 4.78 is 2.09. The summed E-state index contributed by atoms with van der Waals surface area (Å²) in [7, 11) is 0. The van der Waals surface area contributed by atoms with Crippen LogP contribution in [0.1, 0.15) is 17.3 Å². The summed E-state index contributed by atoms with van der Waals surface area (Å²) >= 11 is 0. The largest absolute Gasteiger partial charge is 0.395 e. The van der Waals surface area contributed by atoms with E-state index in [0.717, 1.165) is 27.4 Å². The van der Waals surface area contributed by atoms with Crippen molar-refractivity contribution in [3.05, 3.63) is 48.0 Å². The van der Waals surface area contributed by atoms with Gasteiger partial charge in [0.2, 0.25) is 0 Å². The van der Waals surface area contributed by atoms with Gasteiger partial charge < -0.3 is 9.67 Å². The van der Waals surface area contributed by atoms with Gasteiger partial charge in [-0.2, -0.15) is 0 Å². The highest BCUT2D eigenvalue weighted by molar-refractivity contribution is 6.10. The molecule has 2 aromatic carbocycles. The lowest BCUT2D eigenvalue weighted by Crippen LogP contribution is -2.01. The number of aromatic nitrogens is 1. The number of carbonyl (C=O) groups is 1.